The Morgan fingerprint density at radius 3 is 2.80 bits per heavy atom. The van der Waals surface area contributed by atoms with Crippen LogP contribution in [-0.4, -0.2) is 74.1 Å². The highest BCUT2D eigenvalue weighted by Crippen LogP contribution is 2.02. The minimum atomic E-state index is -0.338. The van der Waals surface area contributed by atoms with Crippen LogP contribution >= 0.6 is 0 Å². The normalized spacial score (nSPS) is 14.7. The molecule has 2 amide bonds. The molecule has 0 radical (unpaired) electrons. The number of ether oxygens (including phenoxy) is 1. The molecule has 0 spiro atoms. The number of furan rings is 1. The molecule has 0 unspecified atom stereocenters. The highest BCUT2D eigenvalue weighted by Gasteiger charge is 2.17. The number of nitrogens with zero attached hydrogens (tertiary/aromatic N) is 3. The van der Waals surface area contributed by atoms with Crippen molar-refractivity contribution >= 4 is 11.8 Å². The van der Waals surface area contributed by atoms with Crippen molar-refractivity contribution in [3.8, 4) is 6.07 Å². The molecule has 0 saturated carbocycles. The summed E-state index contributed by atoms with van der Waals surface area (Å²) in [5.41, 5.74) is 0. The number of carbonyl (C=O) groups excluding carboxylic acids is 2. The number of nitrogens with one attached hydrogen (secondary N) is 1. The molecule has 8 heteroatoms. The SMILES string of the molecule is N#CCCN(CCN1CCOCC1)C(=O)CCNC(=O)c1ccco1. The van der Waals surface area contributed by atoms with Gasteiger partial charge in [-0.05, 0) is 12.1 Å². The number of morpholine rings is 1. The van der Waals surface area contributed by atoms with Crippen molar-refractivity contribution in [3.05, 3.63) is 24.2 Å². The number of nitriles is 1. The van der Waals surface area contributed by atoms with Crippen molar-refractivity contribution in [2.24, 2.45) is 0 Å². The van der Waals surface area contributed by atoms with Gasteiger partial charge in [0.25, 0.3) is 5.91 Å². The first-order chi connectivity index (χ1) is 12.2. The molecule has 1 aromatic rings. The number of rotatable bonds is 9. The van der Waals surface area contributed by atoms with Gasteiger partial charge in [-0.2, -0.15) is 5.26 Å². The Bertz CT molecular complexity index is 576. The predicted octanol–water partition coefficient (Wildman–Crippen LogP) is 0.474. The number of amides is 2. The summed E-state index contributed by atoms with van der Waals surface area (Å²) in [6.07, 6.45) is 1.92. The van der Waals surface area contributed by atoms with Crippen LogP contribution in [0.4, 0.5) is 0 Å². The summed E-state index contributed by atoms with van der Waals surface area (Å²) < 4.78 is 10.3. The third-order valence-electron chi connectivity index (χ3n) is 4.01. The van der Waals surface area contributed by atoms with Crippen molar-refractivity contribution in [2.75, 3.05) is 52.5 Å². The molecule has 0 aliphatic carbocycles. The van der Waals surface area contributed by atoms with E-state index in [0.29, 0.717) is 32.7 Å². The van der Waals surface area contributed by atoms with Gasteiger partial charge in [-0.1, -0.05) is 0 Å². The van der Waals surface area contributed by atoms with Gasteiger partial charge in [0.2, 0.25) is 5.91 Å². The minimum absolute atomic E-state index is 0.0664. The second-order valence-electron chi connectivity index (χ2n) is 5.73. The molecule has 0 aromatic carbocycles. The molecular weight excluding hydrogens is 324 g/mol. The van der Waals surface area contributed by atoms with Gasteiger partial charge in [0.1, 0.15) is 0 Å². The summed E-state index contributed by atoms with van der Waals surface area (Å²) in [5, 5.41) is 11.4. The van der Waals surface area contributed by atoms with Gasteiger partial charge in [-0.15, -0.1) is 0 Å². The van der Waals surface area contributed by atoms with E-state index in [9.17, 15) is 9.59 Å². The van der Waals surface area contributed by atoms with Crippen LogP contribution in [0.25, 0.3) is 0 Å². The molecule has 8 nitrogen and oxygen atoms in total. The van der Waals surface area contributed by atoms with E-state index in [0.717, 1.165) is 19.6 Å². The molecule has 25 heavy (non-hydrogen) atoms. The summed E-state index contributed by atoms with van der Waals surface area (Å²) >= 11 is 0. The second-order valence-corrected chi connectivity index (χ2v) is 5.73. The molecule has 1 aromatic heterocycles. The number of hydrogen-bond donors (Lipinski definition) is 1. The zero-order valence-corrected chi connectivity index (χ0v) is 14.3. The van der Waals surface area contributed by atoms with Crippen LogP contribution in [0.5, 0.6) is 0 Å². The lowest BCUT2D eigenvalue weighted by Gasteiger charge is -2.30. The molecular formula is C17H24N4O4. The van der Waals surface area contributed by atoms with Gasteiger partial charge in [0.15, 0.2) is 5.76 Å². The number of carbonyl (C=O) groups is 2. The van der Waals surface area contributed by atoms with E-state index in [1.54, 1.807) is 17.0 Å². The van der Waals surface area contributed by atoms with Crippen LogP contribution in [0.15, 0.2) is 22.8 Å². The number of hydrogen-bond acceptors (Lipinski definition) is 6. The van der Waals surface area contributed by atoms with Gasteiger partial charge in [0.05, 0.1) is 32.0 Å². The average Bonchev–Trinajstić information content (AvgIpc) is 3.17. The lowest BCUT2D eigenvalue weighted by molar-refractivity contribution is -0.131. The Morgan fingerprint density at radius 1 is 1.32 bits per heavy atom. The monoisotopic (exact) mass is 348 g/mol. The third-order valence-corrected chi connectivity index (χ3v) is 4.01. The van der Waals surface area contributed by atoms with E-state index >= 15 is 0 Å². The molecule has 1 N–H and O–H groups in total. The predicted molar refractivity (Wildman–Crippen MR) is 89.7 cm³/mol. The van der Waals surface area contributed by atoms with Gasteiger partial charge in [-0.3, -0.25) is 14.5 Å². The Hall–Kier alpha value is -2.37. The molecule has 1 saturated heterocycles. The fourth-order valence-electron chi connectivity index (χ4n) is 2.57. The molecule has 1 aliphatic heterocycles. The fraction of sp³-hybridized carbons (Fsp3) is 0.588. The lowest BCUT2D eigenvalue weighted by Crippen LogP contribution is -2.44. The topological polar surface area (TPSA) is 98.8 Å². The second kappa shape index (κ2) is 10.5. The summed E-state index contributed by atoms with van der Waals surface area (Å²) in [4.78, 5) is 28.1. The van der Waals surface area contributed by atoms with E-state index in [2.05, 4.69) is 16.3 Å². The van der Waals surface area contributed by atoms with E-state index in [-0.39, 0.29) is 30.5 Å². The first-order valence-electron chi connectivity index (χ1n) is 8.47. The van der Waals surface area contributed by atoms with Gasteiger partial charge in [0, 0.05) is 45.7 Å². The molecule has 2 rings (SSSR count). The molecule has 1 aliphatic rings. The van der Waals surface area contributed by atoms with Crippen LogP contribution < -0.4 is 5.32 Å². The van der Waals surface area contributed by atoms with Gasteiger partial charge >= 0.3 is 0 Å². The highest BCUT2D eigenvalue weighted by atomic mass is 16.5. The Labute approximate surface area is 147 Å². The Morgan fingerprint density at radius 2 is 2.12 bits per heavy atom. The Kier molecular flexibility index (Phi) is 7.95. The molecule has 1 fully saturated rings. The van der Waals surface area contributed by atoms with Crippen molar-refractivity contribution < 1.29 is 18.7 Å². The van der Waals surface area contributed by atoms with E-state index in [4.69, 9.17) is 14.4 Å². The van der Waals surface area contributed by atoms with E-state index in [1.807, 2.05) is 0 Å². The maximum Gasteiger partial charge on any atom is 0.286 e. The summed E-state index contributed by atoms with van der Waals surface area (Å²) in [5.74, 6) is -0.181. The maximum absolute atomic E-state index is 12.4. The highest BCUT2D eigenvalue weighted by molar-refractivity contribution is 5.91. The van der Waals surface area contributed by atoms with E-state index < -0.39 is 0 Å². The fourth-order valence-corrected chi connectivity index (χ4v) is 2.57. The molecule has 2 heterocycles. The van der Waals surface area contributed by atoms with Crippen LogP contribution in [0.3, 0.4) is 0 Å². The summed E-state index contributed by atoms with van der Waals surface area (Å²) in [7, 11) is 0. The Balaban J connectivity index is 1.74. The molecule has 136 valence electrons. The van der Waals surface area contributed by atoms with Crippen LogP contribution in [-0.2, 0) is 9.53 Å². The maximum atomic E-state index is 12.4. The van der Waals surface area contributed by atoms with Crippen molar-refractivity contribution in [1.82, 2.24) is 15.1 Å². The quantitative estimate of drug-likeness (QED) is 0.697. The van der Waals surface area contributed by atoms with E-state index in [1.165, 1.54) is 6.26 Å². The van der Waals surface area contributed by atoms with Crippen LogP contribution in [0, 0.1) is 11.3 Å². The third kappa shape index (κ3) is 6.57. The first-order valence-corrected chi connectivity index (χ1v) is 8.47. The zero-order valence-electron chi connectivity index (χ0n) is 14.3. The molecule has 0 bridgehead atoms. The van der Waals surface area contributed by atoms with Gasteiger partial charge < -0.3 is 19.4 Å². The first kappa shape index (κ1) is 19.0. The zero-order chi connectivity index (χ0) is 17.9. The minimum Gasteiger partial charge on any atom is -0.459 e. The van der Waals surface area contributed by atoms with Crippen molar-refractivity contribution in [1.29, 1.82) is 5.26 Å². The smallest absolute Gasteiger partial charge is 0.286 e. The molecule has 0 atom stereocenters. The average molecular weight is 348 g/mol. The van der Waals surface area contributed by atoms with Gasteiger partial charge in [-0.25, -0.2) is 0 Å². The standard InChI is InChI=1S/C17H24N4O4/c18-5-2-7-21(9-8-20-10-13-24-14-11-20)16(22)4-6-19-17(23)15-3-1-12-25-15/h1,3,12H,2,4,6-11,13-14H2,(H,19,23). The largest absolute Gasteiger partial charge is 0.459 e. The summed E-state index contributed by atoms with van der Waals surface area (Å²) in [6, 6.07) is 5.28. The van der Waals surface area contributed by atoms with Crippen molar-refractivity contribution in [2.45, 2.75) is 12.8 Å². The van der Waals surface area contributed by atoms with Crippen LogP contribution in [0.1, 0.15) is 23.4 Å². The lowest BCUT2D eigenvalue weighted by atomic mass is 10.3. The van der Waals surface area contributed by atoms with Crippen molar-refractivity contribution in [3.63, 3.8) is 0 Å². The summed E-state index contributed by atoms with van der Waals surface area (Å²) in [6.45, 7) is 5.13. The van der Waals surface area contributed by atoms with Crippen LogP contribution in [0.2, 0.25) is 0 Å².